The summed E-state index contributed by atoms with van der Waals surface area (Å²) < 4.78 is 35.6. The standard InChI is InChI=1S/C11H10FNO3S/c1-2-7-17(15,16)8-11(14)13-10-6-4-3-5-9(10)12/h1,3-6H,7-8H2,(H,13,14). The van der Waals surface area contributed by atoms with Crippen LogP contribution in [-0.4, -0.2) is 25.8 Å². The van der Waals surface area contributed by atoms with E-state index in [1.807, 2.05) is 5.92 Å². The molecule has 0 bridgehead atoms. The van der Waals surface area contributed by atoms with Crippen LogP contribution >= 0.6 is 0 Å². The van der Waals surface area contributed by atoms with E-state index >= 15 is 0 Å². The maximum atomic E-state index is 13.1. The van der Waals surface area contributed by atoms with Crippen LogP contribution in [0.5, 0.6) is 0 Å². The van der Waals surface area contributed by atoms with Gasteiger partial charge in [-0.1, -0.05) is 18.1 Å². The molecule has 0 heterocycles. The SMILES string of the molecule is C#CCS(=O)(=O)CC(=O)Nc1ccccc1F. The van der Waals surface area contributed by atoms with E-state index in [0.717, 1.165) is 6.07 Å². The van der Waals surface area contributed by atoms with Gasteiger partial charge in [0.2, 0.25) is 5.91 Å². The van der Waals surface area contributed by atoms with Gasteiger partial charge in [-0.3, -0.25) is 4.79 Å². The highest BCUT2D eigenvalue weighted by Crippen LogP contribution is 2.12. The first-order valence-electron chi connectivity index (χ1n) is 4.63. The average molecular weight is 255 g/mol. The summed E-state index contributed by atoms with van der Waals surface area (Å²) in [5.41, 5.74) is -0.0617. The molecule has 0 fully saturated rings. The van der Waals surface area contributed by atoms with Crippen LogP contribution in [0.3, 0.4) is 0 Å². The van der Waals surface area contributed by atoms with E-state index in [-0.39, 0.29) is 5.69 Å². The second-order valence-corrected chi connectivity index (χ2v) is 5.33. The lowest BCUT2D eigenvalue weighted by molar-refractivity contribution is -0.113. The summed E-state index contributed by atoms with van der Waals surface area (Å²) in [6.07, 6.45) is 4.85. The van der Waals surface area contributed by atoms with Gasteiger partial charge in [-0.25, -0.2) is 12.8 Å². The molecule has 0 radical (unpaired) electrons. The average Bonchev–Trinajstić information content (AvgIpc) is 2.20. The van der Waals surface area contributed by atoms with E-state index in [4.69, 9.17) is 6.42 Å². The molecule has 0 aliphatic heterocycles. The second-order valence-electron chi connectivity index (χ2n) is 3.26. The Morgan fingerprint density at radius 2 is 2.06 bits per heavy atom. The van der Waals surface area contributed by atoms with Crippen LogP contribution in [0.25, 0.3) is 0 Å². The van der Waals surface area contributed by atoms with Crippen molar-refractivity contribution in [2.75, 3.05) is 16.8 Å². The zero-order valence-electron chi connectivity index (χ0n) is 8.81. The number of amides is 1. The molecule has 0 aliphatic carbocycles. The molecular weight excluding hydrogens is 245 g/mol. The molecule has 0 unspecified atom stereocenters. The molecule has 17 heavy (non-hydrogen) atoms. The second kappa shape index (κ2) is 5.46. The Balaban J connectivity index is 2.70. The normalized spacial score (nSPS) is 10.6. The molecule has 1 amide bonds. The fourth-order valence-electron chi connectivity index (χ4n) is 1.13. The van der Waals surface area contributed by atoms with Gasteiger partial charge in [0.25, 0.3) is 0 Å². The van der Waals surface area contributed by atoms with Crippen molar-refractivity contribution in [3.05, 3.63) is 30.1 Å². The number of benzene rings is 1. The molecule has 4 nitrogen and oxygen atoms in total. The van der Waals surface area contributed by atoms with E-state index in [1.165, 1.54) is 18.2 Å². The molecule has 6 heteroatoms. The molecule has 0 saturated carbocycles. The molecular formula is C11H10FNO3S. The summed E-state index contributed by atoms with van der Waals surface area (Å²) in [6.45, 7) is 0. The molecule has 0 spiro atoms. The van der Waals surface area contributed by atoms with Crippen LogP contribution in [0.1, 0.15) is 0 Å². The first-order chi connectivity index (χ1) is 7.94. The molecule has 1 rings (SSSR count). The molecule has 1 aromatic rings. The van der Waals surface area contributed by atoms with E-state index in [0.29, 0.717) is 0 Å². The van der Waals surface area contributed by atoms with Gasteiger partial charge in [-0.2, -0.15) is 0 Å². The van der Waals surface area contributed by atoms with Crippen molar-refractivity contribution in [3.63, 3.8) is 0 Å². The first kappa shape index (κ1) is 13.2. The number of nitrogens with one attached hydrogen (secondary N) is 1. The van der Waals surface area contributed by atoms with Gasteiger partial charge < -0.3 is 5.32 Å². The summed E-state index contributed by atoms with van der Waals surface area (Å²) in [6, 6.07) is 5.47. The molecule has 1 N–H and O–H groups in total. The lowest BCUT2D eigenvalue weighted by Gasteiger charge is -2.05. The quantitative estimate of drug-likeness (QED) is 0.810. The molecule has 0 aromatic heterocycles. The predicted molar refractivity (Wildman–Crippen MR) is 62.5 cm³/mol. The summed E-state index contributed by atoms with van der Waals surface area (Å²) in [5.74, 6) is -0.772. The molecule has 90 valence electrons. The van der Waals surface area contributed by atoms with Crippen LogP contribution < -0.4 is 5.32 Å². The van der Waals surface area contributed by atoms with Gasteiger partial charge >= 0.3 is 0 Å². The van der Waals surface area contributed by atoms with Crippen LogP contribution in [0.4, 0.5) is 10.1 Å². The number of hydrogen-bond acceptors (Lipinski definition) is 3. The third kappa shape index (κ3) is 4.25. The first-order valence-corrected chi connectivity index (χ1v) is 6.45. The highest BCUT2D eigenvalue weighted by atomic mass is 32.2. The fraction of sp³-hybridized carbons (Fsp3) is 0.182. The topological polar surface area (TPSA) is 63.2 Å². The van der Waals surface area contributed by atoms with Crippen molar-refractivity contribution in [3.8, 4) is 12.3 Å². The van der Waals surface area contributed by atoms with Gasteiger partial charge in [0, 0.05) is 0 Å². The van der Waals surface area contributed by atoms with Gasteiger partial charge in [-0.05, 0) is 12.1 Å². The Bertz CT molecular complexity index is 560. The fourth-order valence-corrected chi connectivity index (χ4v) is 1.95. The maximum absolute atomic E-state index is 13.1. The van der Waals surface area contributed by atoms with E-state index in [2.05, 4.69) is 5.32 Å². The van der Waals surface area contributed by atoms with Crippen molar-refractivity contribution >= 4 is 21.4 Å². The number of terminal acetylenes is 1. The summed E-state index contributed by atoms with van der Waals surface area (Å²) in [7, 11) is -3.63. The predicted octanol–water partition coefficient (Wildman–Crippen LogP) is 0.812. The van der Waals surface area contributed by atoms with Crippen molar-refractivity contribution in [1.82, 2.24) is 0 Å². The van der Waals surface area contributed by atoms with Crippen molar-refractivity contribution in [2.24, 2.45) is 0 Å². The van der Waals surface area contributed by atoms with E-state index < -0.39 is 33.1 Å². The summed E-state index contributed by atoms with van der Waals surface area (Å²) in [5, 5.41) is 2.16. The summed E-state index contributed by atoms with van der Waals surface area (Å²) >= 11 is 0. The number of halogens is 1. The highest BCUT2D eigenvalue weighted by molar-refractivity contribution is 7.92. The Labute approximate surface area is 98.8 Å². The van der Waals surface area contributed by atoms with Crippen LogP contribution in [0.2, 0.25) is 0 Å². The van der Waals surface area contributed by atoms with Crippen LogP contribution in [-0.2, 0) is 14.6 Å². The number of sulfone groups is 1. The van der Waals surface area contributed by atoms with Crippen molar-refractivity contribution in [2.45, 2.75) is 0 Å². The Morgan fingerprint density at radius 3 is 2.65 bits per heavy atom. The maximum Gasteiger partial charge on any atom is 0.239 e. The van der Waals surface area contributed by atoms with Crippen molar-refractivity contribution in [1.29, 1.82) is 0 Å². The minimum absolute atomic E-state index is 0.0617. The van der Waals surface area contributed by atoms with Gasteiger partial charge in [0.05, 0.1) is 5.69 Å². The Morgan fingerprint density at radius 1 is 1.41 bits per heavy atom. The van der Waals surface area contributed by atoms with Gasteiger partial charge in [-0.15, -0.1) is 6.42 Å². The molecule has 0 saturated heterocycles. The lowest BCUT2D eigenvalue weighted by atomic mass is 10.3. The van der Waals surface area contributed by atoms with Gasteiger partial charge in [0.15, 0.2) is 9.84 Å². The van der Waals surface area contributed by atoms with Crippen molar-refractivity contribution < 1.29 is 17.6 Å². The minimum atomic E-state index is -3.63. The molecule has 0 atom stereocenters. The number of rotatable bonds is 4. The zero-order chi connectivity index (χ0) is 12.9. The van der Waals surface area contributed by atoms with Crippen LogP contribution in [0, 0.1) is 18.2 Å². The van der Waals surface area contributed by atoms with E-state index in [1.54, 1.807) is 0 Å². The van der Waals surface area contributed by atoms with Crippen LogP contribution in [0.15, 0.2) is 24.3 Å². The Hall–Kier alpha value is -1.87. The molecule has 1 aromatic carbocycles. The lowest BCUT2D eigenvalue weighted by Crippen LogP contribution is -2.24. The number of carbonyl (C=O) groups is 1. The molecule has 0 aliphatic rings. The third-order valence-electron chi connectivity index (χ3n) is 1.80. The minimum Gasteiger partial charge on any atom is -0.323 e. The number of hydrogen-bond donors (Lipinski definition) is 1. The van der Waals surface area contributed by atoms with Gasteiger partial charge in [0.1, 0.15) is 17.3 Å². The number of para-hydroxylation sites is 1. The Kier molecular flexibility index (Phi) is 4.24. The zero-order valence-corrected chi connectivity index (χ0v) is 9.63. The number of anilines is 1. The largest absolute Gasteiger partial charge is 0.323 e. The summed E-state index contributed by atoms with van der Waals surface area (Å²) in [4.78, 5) is 11.3. The third-order valence-corrected chi connectivity index (χ3v) is 3.11. The monoisotopic (exact) mass is 255 g/mol. The number of carbonyl (C=O) groups excluding carboxylic acids is 1. The highest BCUT2D eigenvalue weighted by Gasteiger charge is 2.16. The smallest absolute Gasteiger partial charge is 0.239 e. The van der Waals surface area contributed by atoms with E-state index in [9.17, 15) is 17.6 Å².